The van der Waals surface area contributed by atoms with Crippen LogP contribution in [0.3, 0.4) is 0 Å². The Morgan fingerprint density at radius 1 is 1.00 bits per heavy atom. The van der Waals surface area contributed by atoms with Crippen LogP contribution in [0, 0.1) is 0 Å². The van der Waals surface area contributed by atoms with E-state index in [1.54, 1.807) is 0 Å². The van der Waals surface area contributed by atoms with Crippen LogP contribution in [0.1, 0.15) is 0 Å². The van der Waals surface area contributed by atoms with Crippen LogP contribution in [-0.2, 0) is 46.8 Å². The van der Waals surface area contributed by atoms with Crippen LogP contribution in [0.2, 0.25) is 0 Å². The van der Waals surface area contributed by atoms with Crippen molar-refractivity contribution < 1.29 is 46.8 Å². The van der Waals surface area contributed by atoms with Crippen molar-refractivity contribution >= 4 is 45.3 Å². The minimum absolute atomic E-state index is 0. The van der Waals surface area contributed by atoms with Gasteiger partial charge in [-0.15, -0.1) is 0 Å². The van der Waals surface area contributed by atoms with E-state index in [1.165, 1.54) is 0 Å². The van der Waals surface area contributed by atoms with Crippen LogP contribution < -0.4 is 0 Å². The van der Waals surface area contributed by atoms with Gasteiger partial charge in [0.15, 0.2) is 0 Å². The van der Waals surface area contributed by atoms with Crippen LogP contribution in [0.4, 0.5) is 0 Å². The first-order valence-corrected chi connectivity index (χ1v) is 0. The molecule has 0 amide bonds. The minimum atomic E-state index is 0. The van der Waals surface area contributed by atoms with Gasteiger partial charge in [-0.1, -0.05) is 0 Å². The molecule has 4 heavy (non-hydrogen) atoms. The van der Waals surface area contributed by atoms with Crippen LogP contribution in [0.5, 0.6) is 0 Å². The monoisotopic (exact) mass is 466 g/mol. The third-order valence-corrected chi connectivity index (χ3v) is 0. The van der Waals surface area contributed by atoms with Gasteiger partial charge in [0, 0.05) is 46.8 Å². The van der Waals surface area contributed by atoms with E-state index < -0.39 is 0 Å². The molecule has 0 aromatic carbocycles. The fourth-order valence-corrected chi connectivity index (χ4v) is 0. The molecule has 0 fully saturated rings. The maximum absolute atomic E-state index is 0. The molecule has 0 heterocycles. The first-order chi connectivity index (χ1) is 0. The van der Waals surface area contributed by atoms with Crippen molar-refractivity contribution in [2.45, 2.75) is 0 Å². The van der Waals surface area contributed by atoms with Gasteiger partial charge in [-0.2, -0.15) is 0 Å². The third kappa shape index (κ3) is 8.90. The molecule has 0 aromatic heterocycles. The van der Waals surface area contributed by atoms with Gasteiger partial charge < -0.3 is 0 Å². The van der Waals surface area contributed by atoms with E-state index in [0.717, 1.165) is 0 Å². The fraction of sp³-hybridized carbons (Fsp3) is 0. The number of hydrogen-bond donors (Lipinski definition) is 0. The van der Waals surface area contributed by atoms with Crippen molar-refractivity contribution in [3.63, 3.8) is 0 Å². The summed E-state index contributed by atoms with van der Waals surface area (Å²) in [5, 5.41) is 0. The molecule has 0 aliphatic rings. The molecular weight excluding hydrogens is 460 g/mol. The SMILES string of the molecule is [AsH3].[Cd].[PbH2].[Zn]. The summed E-state index contributed by atoms with van der Waals surface area (Å²) in [7, 11) is 0. The van der Waals surface area contributed by atoms with Gasteiger partial charge >= 0.3 is 45.3 Å². The average molecular weight is 465 g/mol. The molecule has 1 atom stereocenters. The molecule has 0 bridgehead atoms. The van der Waals surface area contributed by atoms with Crippen molar-refractivity contribution in [2.75, 3.05) is 0 Å². The summed E-state index contributed by atoms with van der Waals surface area (Å²) in [6, 6.07) is 0. The molecule has 18 valence electrons. The zero-order chi connectivity index (χ0) is 0. The number of hydrogen-bond acceptors (Lipinski definition) is 0. The molecule has 0 aliphatic carbocycles. The Balaban J connectivity index is 0. The van der Waals surface area contributed by atoms with Crippen molar-refractivity contribution in [1.82, 2.24) is 0 Å². The van der Waals surface area contributed by atoms with Crippen molar-refractivity contribution in [2.24, 2.45) is 0 Å². The molecule has 0 aliphatic heterocycles. The van der Waals surface area contributed by atoms with Crippen molar-refractivity contribution in [3.05, 3.63) is 0 Å². The maximum atomic E-state index is 0. The Kier molecular flexibility index (Phi) is 116. The topological polar surface area (TPSA) is 0 Å². The predicted molar refractivity (Wildman–Crippen MR) is 18.5 cm³/mol. The van der Waals surface area contributed by atoms with E-state index >= 15 is 0 Å². The zero-order valence-corrected chi connectivity index (χ0v) is 18.3. The Labute approximate surface area is 90.3 Å². The summed E-state index contributed by atoms with van der Waals surface area (Å²) < 4.78 is 0. The summed E-state index contributed by atoms with van der Waals surface area (Å²) in [6.07, 6.45) is 0. The molecule has 0 N–H and O–H groups in total. The zero-order valence-electron chi connectivity index (χ0n) is 2.83. The van der Waals surface area contributed by atoms with Crippen LogP contribution in [0.25, 0.3) is 0 Å². The standard InChI is InChI=1S/AsH3.Cd.Pb.Zn.2H/h1H3;;;;;. The quantitative estimate of drug-likeness (QED) is 0.360. The normalized spacial score (nSPS) is 0. The molecule has 4 heteroatoms. The summed E-state index contributed by atoms with van der Waals surface area (Å²) >= 11 is 0. The molecule has 2 radical (unpaired) electrons. The first-order valence-electron chi connectivity index (χ1n) is 0. The van der Waals surface area contributed by atoms with Crippen LogP contribution in [-0.4, -0.2) is 45.3 Å². The molecule has 1 unspecified atom stereocenters. The third-order valence-electron chi connectivity index (χ3n) is 0. The largest absolute Gasteiger partial charge is 0 e. The average Bonchev–Trinajstić information content (AvgIpc) is 0. The van der Waals surface area contributed by atoms with Gasteiger partial charge in [-0.25, -0.2) is 0 Å². The molecule has 0 spiro atoms. The summed E-state index contributed by atoms with van der Waals surface area (Å²) in [5.41, 5.74) is 0. The second-order valence-corrected chi connectivity index (χ2v) is 0. The number of rotatable bonds is 0. The second kappa shape index (κ2) is 16.6. The van der Waals surface area contributed by atoms with Gasteiger partial charge in [0.2, 0.25) is 0 Å². The Morgan fingerprint density at radius 2 is 1.00 bits per heavy atom. The van der Waals surface area contributed by atoms with Crippen LogP contribution in [0.15, 0.2) is 0 Å². The summed E-state index contributed by atoms with van der Waals surface area (Å²) in [4.78, 5) is 0. The second-order valence-electron chi connectivity index (χ2n) is 0. The smallest absolute Gasteiger partial charge is 0 e. The Hall–Kier alpha value is 3.03. The molecule has 0 rings (SSSR count). The van der Waals surface area contributed by atoms with Gasteiger partial charge in [-0.3, -0.25) is 0 Å². The van der Waals surface area contributed by atoms with Gasteiger partial charge in [0.05, 0.1) is 0 Å². The van der Waals surface area contributed by atoms with Crippen molar-refractivity contribution in [1.29, 1.82) is 0 Å². The molecule has 0 saturated carbocycles. The molecule has 0 aromatic rings. The van der Waals surface area contributed by atoms with E-state index in [4.69, 9.17) is 0 Å². The first kappa shape index (κ1) is 27.9. The molecule has 0 nitrogen and oxygen atoms in total. The Morgan fingerprint density at radius 3 is 1.00 bits per heavy atom. The maximum Gasteiger partial charge on any atom is 0 e. The van der Waals surface area contributed by atoms with E-state index in [-0.39, 0.29) is 92.0 Å². The predicted octanol–water partition coefficient (Wildman–Crippen LogP) is -2.11. The van der Waals surface area contributed by atoms with Gasteiger partial charge in [-0.05, 0) is 0 Å². The van der Waals surface area contributed by atoms with E-state index in [2.05, 4.69) is 0 Å². The van der Waals surface area contributed by atoms with E-state index in [0.29, 0.717) is 0 Å². The van der Waals surface area contributed by atoms with Crippen molar-refractivity contribution in [3.8, 4) is 0 Å². The Bertz CT molecular complexity index is 8.00. The summed E-state index contributed by atoms with van der Waals surface area (Å²) in [6.45, 7) is 0. The molecular formula is H5AsCdPbZn. The van der Waals surface area contributed by atoms with Gasteiger partial charge in [0.25, 0.3) is 0 Å². The molecule has 0 saturated heterocycles. The fourth-order valence-electron chi connectivity index (χ4n) is 0. The minimum Gasteiger partial charge on any atom is 0 e. The van der Waals surface area contributed by atoms with E-state index in [1.807, 2.05) is 0 Å². The van der Waals surface area contributed by atoms with Crippen LogP contribution >= 0.6 is 0 Å². The van der Waals surface area contributed by atoms with Gasteiger partial charge in [0.1, 0.15) is 0 Å². The van der Waals surface area contributed by atoms with E-state index in [9.17, 15) is 0 Å². The summed E-state index contributed by atoms with van der Waals surface area (Å²) in [5.74, 6) is 0.